The van der Waals surface area contributed by atoms with Gasteiger partial charge in [0.1, 0.15) is 28.7 Å². The fraction of sp³-hybridized carbons (Fsp3) is 0.292. The molecule has 0 fully saturated rings. The summed E-state index contributed by atoms with van der Waals surface area (Å²) in [5, 5.41) is 7.34. The lowest BCUT2D eigenvalue weighted by Gasteiger charge is -2.21. The second-order valence-corrected chi connectivity index (χ2v) is 10.2. The normalized spacial score (nSPS) is 13.0. The first-order valence-electron chi connectivity index (χ1n) is 11.4. The van der Waals surface area contributed by atoms with Gasteiger partial charge >= 0.3 is 0 Å². The van der Waals surface area contributed by atoms with Crippen molar-refractivity contribution in [2.24, 2.45) is 0 Å². The largest absolute Gasteiger partial charge is 0.494 e. The Morgan fingerprint density at radius 2 is 1.55 bits per heavy atom. The zero-order valence-electron chi connectivity index (χ0n) is 21.3. The smallest absolute Gasteiger partial charge is 0.243 e. The number of para-hydroxylation sites is 1. The van der Waals surface area contributed by atoms with Gasteiger partial charge in [0.2, 0.25) is 21.9 Å². The number of methoxy groups -OCH3 is 3. The number of ether oxygens (including phenoxy) is 3. The minimum absolute atomic E-state index is 0.133. The molecule has 0 spiro atoms. The van der Waals surface area contributed by atoms with E-state index in [4.69, 9.17) is 14.2 Å². The zero-order valence-corrected chi connectivity index (χ0v) is 22.1. The van der Waals surface area contributed by atoms with Crippen LogP contribution in [0.5, 0.6) is 17.4 Å². The Morgan fingerprint density at radius 3 is 2.16 bits per heavy atom. The molecular weight excluding hydrogens is 517 g/mol. The van der Waals surface area contributed by atoms with Crippen molar-refractivity contribution in [3.8, 4) is 34.6 Å². The van der Waals surface area contributed by atoms with E-state index in [1.54, 1.807) is 43.3 Å². The van der Waals surface area contributed by atoms with Crippen LogP contribution in [0.3, 0.4) is 0 Å². The van der Waals surface area contributed by atoms with Crippen LogP contribution in [-0.4, -0.2) is 64.7 Å². The van der Waals surface area contributed by atoms with Crippen molar-refractivity contribution in [1.29, 1.82) is 0 Å². The number of nitrogens with zero attached hydrogens (tertiary/aromatic N) is 6. The number of pyridine rings is 1. The summed E-state index contributed by atoms with van der Waals surface area (Å²) in [5.41, 5.74) is 0.707. The molecule has 3 heterocycles. The molecule has 12 nitrogen and oxygen atoms in total. The summed E-state index contributed by atoms with van der Waals surface area (Å²) < 4.78 is 60.6. The number of hydrogen-bond donors (Lipinski definition) is 1. The van der Waals surface area contributed by atoms with E-state index in [-0.39, 0.29) is 17.6 Å². The molecule has 0 saturated carbocycles. The van der Waals surface area contributed by atoms with Crippen molar-refractivity contribution >= 4 is 16.0 Å². The van der Waals surface area contributed by atoms with Crippen LogP contribution < -0.4 is 18.9 Å². The summed E-state index contributed by atoms with van der Waals surface area (Å²) in [6, 6.07) is 10.2. The Balaban J connectivity index is 1.84. The highest BCUT2D eigenvalue weighted by molar-refractivity contribution is 7.93. The maximum atomic E-state index is 13.5. The number of nitrogens with one attached hydrogen (secondary N) is 1. The topological polar surface area (TPSA) is 143 Å². The van der Waals surface area contributed by atoms with Gasteiger partial charge < -0.3 is 14.2 Å². The fourth-order valence-corrected chi connectivity index (χ4v) is 4.92. The lowest BCUT2D eigenvalue weighted by molar-refractivity contribution is 0.391. The number of sulfonamides is 1. The number of halogens is 1. The highest BCUT2D eigenvalue weighted by Crippen LogP contribution is 2.38. The highest BCUT2D eigenvalue weighted by Gasteiger charge is 2.32. The van der Waals surface area contributed by atoms with Gasteiger partial charge in [0.15, 0.2) is 11.6 Å². The Kier molecular flexibility index (Phi) is 7.71. The molecule has 0 radical (unpaired) electrons. The molecule has 0 aliphatic heterocycles. The lowest BCUT2D eigenvalue weighted by Crippen LogP contribution is -2.31. The zero-order chi connectivity index (χ0) is 27.4. The predicted molar refractivity (Wildman–Crippen MR) is 137 cm³/mol. The summed E-state index contributed by atoms with van der Waals surface area (Å²) in [4.78, 5) is 12.3. The maximum Gasteiger partial charge on any atom is 0.243 e. The van der Waals surface area contributed by atoms with Crippen LogP contribution in [-0.2, 0) is 10.0 Å². The van der Waals surface area contributed by atoms with Crippen LogP contribution in [0.15, 0.2) is 48.8 Å². The monoisotopic (exact) mass is 543 g/mol. The third-order valence-corrected chi connectivity index (χ3v) is 7.78. The summed E-state index contributed by atoms with van der Waals surface area (Å²) in [7, 11) is 0.332. The third kappa shape index (κ3) is 5.20. The van der Waals surface area contributed by atoms with Crippen molar-refractivity contribution < 1.29 is 27.0 Å². The summed E-state index contributed by atoms with van der Waals surface area (Å²) in [5.74, 6) is 0.0199. The molecule has 0 aliphatic carbocycles. The Bertz CT molecular complexity index is 1510. The third-order valence-electron chi connectivity index (χ3n) is 5.92. The Labute approximate surface area is 218 Å². The van der Waals surface area contributed by atoms with Gasteiger partial charge in [-0.1, -0.05) is 19.1 Å². The molecular formula is C24H26FN7O5S. The second-order valence-electron chi connectivity index (χ2n) is 8.16. The van der Waals surface area contributed by atoms with Crippen LogP contribution in [0, 0.1) is 5.82 Å². The molecule has 38 heavy (non-hydrogen) atoms. The molecule has 4 aromatic rings. The summed E-state index contributed by atoms with van der Waals surface area (Å²) in [6.45, 7) is 3.13. The molecule has 0 bridgehead atoms. The number of rotatable bonds is 10. The van der Waals surface area contributed by atoms with E-state index in [0.717, 1.165) is 12.4 Å². The molecule has 200 valence electrons. The van der Waals surface area contributed by atoms with Crippen LogP contribution in [0.1, 0.15) is 25.6 Å². The van der Waals surface area contributed by atoms with Gasteiger partial charge in [-0.3, -0.25) is 9.29 Å². The number of hydrogen-bond acceptors (Lipinski definition) is 10. The minimum Gasteiger partial charge on any atom is -0.494 e. The molecule has 0 unspecified atom stereocenters. The lowest BCUT2D eigenvalue weighted by atomic mass is 10.1. The molecule has 2 atom stereocenters. The average molecular weight is 544 g/mol. The summed E-state index contributed by atoms with van der Waals surface area (Å²) >= 11 is 0. The van der Waals surface area contributed by atoms with E-state index in [1.165, 1.54) is 32.8 Å². The van der Waals surface area contributed by atoms with Gasteiger partial charge in [-0.2, -0.15) is 0 Å². The molecule has 0 saturated heterocycles. The number of benzene rings is 1. The number of aromatic nitrogens is 6. The molecule has 0 amide bonds. The molecule has 0 aliphatic rings. The van der Waals surface area contributed by atoms with Gasteiger partial charge in [-0.15, -0.1) is 10.2 Å². The van der Waals surface area contributed by atoms with Crippen molar-refractivity contribution in [2.45, 2.75) is 25.0 Å². The summed E-state index contributed by atoms with van der Waals surface area (Å²) in [6.07, 6.45) is 1.98. The molecule has 1 aromatic carbocycles. The standard InChI is InChI=1S/C24H26FN7O5S/c1-14(22-26-12-16(25)13-27-22)15(2)38(33,34)31-24-30-29-23(17-8-6-11-20(28-17)37-5)32(24)21-18(35-3)9-7-10-19(21)36-4/h6-15H,1-5H3,(H,30,31)/t14-,15-/m1/s1. The molecule has 1 N–H and O–H groups in total. The first-order chi connectivity index (χ1) is 18.2. The predicted octanol–water partition coefficient (Wildman–Crippen LogP) is 3.22. The second kappa shape index (κ2) is 11.0. The van der Waals surface area contributed by atoms with Crippen molar-refractivity contribution in [1.82, 2.24) is 29.7 Å². The molecule has 4 rings (SSSR count). The number of anilines is 1. The van der Waals surface area contributed by atoms with Crippen LogP contribution in [0.2, 0.25) is 0 Å². The van der Waals surface area contributed by atoms with Crippen molar-refractivity contribution in [3.63, 3.8) is 0 Å². The van der Waals surface area contributed by atoms with Gasteiger partial charge in [-0.05, 0) is 25.1 Å². The van der Waals surface area contributed by atoms with E-state index in [9.17, 15) is 12.8 Å². The van der Waals surface area contributed by atoms with E-state index in [0.29, 0.717) is 28.8 Å². The highest BCUT2D eigenvalue weighted by atomic mass is 32.2. The van der Waals surface area contributed by atoms with E-state index >= 15 is 0 Å². The average Bonchev–Trinajstić information content (AvgIpc) is 3.34. The quantitative estimate of drug-likeness (QED) is 0.317. The van der Waals surface area contributed by atoms with Crippen LogP contribution in [0.4, 0.5) is 10.3 Å². The molecule has 3 aromatic heterocycles. The van der Waals surface area contributed by atoms with Gasteiger partial charge in [0.25, 0.3) is 0 Å². The maximum absolute atomic E-state index is 13.5. The Morgan fingerprint density at radius 1 is 0.921 bits per heavy atom. The van der Waals surface area contributed by atoms with Gasteiger partial charge in [0, 0.05) is 12.0 Å². The van der Waals surface area contributed by atoms with Crippen molar-refractivity contribution in [2.75, 3.05) is 26.1 Å². The van der Waals surface area contributed by atoms with Gasteiger partial charge in [0.05, 0.1) is 39.0 Å². The fourth-order valence-electron chi connectivity index (χ4n) is 3.69. The Hall–Kier alpha value is -4.33. The van der Waals surface area contributed by atoms with Crippen molar-refractivity contribution in [3.05, 3.63) is 60.4 Å². The first kappa shape index (κ1) is 26.7. The SMILES string of the molecule is COc1cccc(-c2nnc(NS(=O)(=O)[C@H](C)[C@@H](C)c3ncc(F)cn3)n2-c2c(OC)cccc2OC)n1. The first-order valence-corrected chi connectivity index (χ1v) is 12.9. The van der Waals surface area contributed by atoms with Gasteiger partial charge in [-0.25, -0.2) is 27.8 Å². The minimum atomic E-state index is -4.10. The molecule has 14 heteroatoms. The van der Waals surface area contributed by atoms with E-state index in [2.05, 4.69) is 29.9 Å². The van der Waals surface area contributed by atoms with E-state index in [1.807, 2.05) is 0 Å². The van der Waals surface area contributed by atoms with Crippen LogP contribution in [0.25, 0.3) is 17.2 Å². The van der Waals surface area contributed by atoms with E-state index < -0.39 is 27.0 Å². The van der Waals surface area contributed by atoms with Crippen LogP contribution >= 0.6 is 0 Å².